The maximum Gasteiger partial charge on any atom is 0.223 e. The molecule has 28 heavy (non-hydrogen) atoms. The minimum Gasteiger partial charge on any atom is -0.364 e. The SMILES string of the molecule is O=C(CC1CC1)N1Cc2ccccc2N2CCN(Cc3ccccc3)CC2C1. The van der Waals surface area contributed by atoms with Crippen molar-refractivity contribution >= 4 is 11.6 Å². The number of hydrogen-bond donors (Lipinski definition) is 0. The van der Waals surface area contributed by atoms with Crippen molar-refractivity contribution < 1.29 is 4.79 Å². The first-order chi connectivity index (χ1) is 13.8. The lowest BCUT2D eigenvalue weighted by Crippen LogP contribution is -2.56. The molecule has 1 saturated carbocycles. The molecule has 1 amide bonds. The zero-order valence-electron chi connectivity index (χ0n) is 16.5. The van der Waals surface area contributed by atoms with Crippen LogP contribution in [0.4, 0.5) is 5.69 Å². The molecule has 2 fully saturated rings. The minimum atomic E-state index is 0.347. The molecule has 146 valence electrons. The van der Waals surface area contributed by atoms with E-state index in [9.17, 15) is 4.79 Å². The normalized spacial score (nSPS) is 22.4. The van der Waals surface area contributed by atoms with Crippen LogP contribution in [0.3, 0.4) is 0 Å². The van der Waals surface area contributed by atoms with Gasteiger partial charge in [0.05, 0.1) is 6.04 Å². The molecule has 1 atom stereocenters. The third-order valence-electron chi connectivity index (χ3n) is 6.42. The molecule has 2 aromatic rings. The van der Waals surface area contributed by atoms with E-state index in [2.05, 4.69) is 69.3 Å². The van der Waals surface area contributed by atoms with Crippen molar-refractivity contribution in [2.75, 3.05) is 31.1 Å². The topological polar surface area (TPSA) is 26.8 Å². The number of anilines is 1. The molecule has 5 rings (SSSR count). The summed E-state index contributed by atoms with van der Waals surface area (Å²) in [6.45, 7) is 5.69. The highest BCUT2D eigenvalue weighted by Gasteiger charge is 2.35. The third-order valence-corrected chi connectivity index (χ3v) is 6.42. The monoisotopic (exact) mass is 375 g/mol. The number of carbonyl (C=O) groups excluding carboxylic acids is 1. The molecule has 4 heteroatoms. The molecule has 0 bridgehead atoms. The fourth-order valence-corrected chi connectivity index (χ4v) is 4.72. The van der Waals surface area contributed by atoms with Gasteiger partial charge in [0.25, 0.3) is 0 Å². The second-order valence-electron chi connectivity index (χ2n) is 8.62. The van der Waals surface area contributed by atoms with Gasteiger partial charge < -0.3 is 9.80 Å². The summed E-state index contributed by atoms with van der Waals surface area (Å²) < 4.78 is 0. The van der Waals surface area contributed by atoms with E-state index in [1.807, 2.05) is 0 Å². The number of carbonyl (C=O) groups is 1. The molecule has 2 aliphatic heterocycles. The molecule has 3 aliphatic rings. The second kappa shape index (κ2) is 7.59. The van der Waals surface area contributed by atoms with Gasteiger partial charge in [0, 0.05) is 51.4 Å². The largest absolute Gasteiger partial charge is 0.364 e. The van der Waals surface area contributed by atoms with Crippen molar-refractivity contribution in [3.8, 4) is 0 Å². The van der Waals surface area contributed by atoms with Gasteiger partial charge in [-0.3, -0.25) is 9.69 Å². The highest BCUT2D eigenvalue weighted by molar-refractivity contribution is 5.77. The summed E-state index contributed by atoms with van der Waals surface area (Å²) >= 11 is 0. The number of amides is 1. The molecule has 4 nitrogen and oxygen atoms in total. The van der Waals surface area contributed by atoms with E-state index in [0.717, 1.165) is 45.7 Å². The van der Waals surface area contributed by atoms with Crippen LogP contribution in [0.5, 0.6) is 0 Å². The number of piperazine rings is 1. The molecular formula is C24H29N3O. The number of rotatable bonds is 4. The summed E-state index contributed by atoms with van der Waals surface area (Å²) in [6.07, 6.45) is 3.20. The van der Waals surface area contributed by atoms with Crippen LogP contribution in [0, 0.1) is 5.92 Å². The lowest BCUT2D eigenvalue weighted by molar-refractivity contribution is -0.132. The summed E-state index contributed by atoms with van der Waals surface area (Å²) in [5, 5.41) is 0. The number of benzene rings is 2. The molecule has 0 aromatic heterocycles. The second-order valence-corrected chi connectivity index (χ2v) is 8.62. The maximum atomic E-state index is 13.0. The predicted molar refractivity (Wildman–Crippen MR) is 112 cm³/mol. The van der Waals surface area contributed by atoms with E-state index in [0.29, 0.717) is 17.9 Å². The number of para-hydroxylation sites is 1. The summed E-state index contributed by atoms with van der Waals surface area (Å²) in [7, 11) is 0. The molecular weight excluding hydrogens is 346 g/mol. The smallest absolute Gasteiger partial charge is 0.223 e. The van der Waals surface area contributed by atoms with Crippen molar-refractivity contribution in [3.63, 3.8) is 0 Å². The summed E-state index contributed by atoms with van der Waals surface area (Å²) in [5.41, 5.74) is 3.99. The number of fused-ring (bicyclic) bond motifs is 3. The zero-order chi connectivity index (χ0) is 18.9. The third kappa shape index (κ3) is 3.79. The van der Waals surface area contributed by atoms with E-state index in [4.69, 9.17) is 0 Å². The van der Waals surface area contributed by atoms with Gasteiger partial charge in [-0.2, -0.15) is 0 Å². The van der Waals surface area contributed by atoms with Crippen LogP contribution in [-0.2, 0) is 17.9 Å². The molecule has 0 N–H and O–H groups in total. The van der Waals surface area contributed by atoms with Gasteiger partial charge in [-0.05, 0) is 36.0 Å². The molecule has 2 aromatic carbocycles. The Hall–Kier alpha value is -2.33. The van der Waals surface area contributed by atoms with Gasteiger partial charge >= 0.3 is 0 Å². The van der Waals surface area contributed by atoms with Gasteiger partial charge in [0.15, 0.2) is 0 Å². The Balaban J connectivity index is 1.36. The summed E-state index contributed by atoms with van der Waals surface area (Å²) in [4.78, 5) is 20.2. The quantitative estimate of drug-likeness (QED) is 0.818. The maximum absolute atomic E-state index is 13.0. The lowest BCUT2D eigenvalue weighted by atomic mass is 10.1. The highest BCUT2D eigenvalue weighted by atomic mass is 16.2. The summed E-state index contributed by atoms with van der Waals surface area (Å²) in [6, 6.07) is 19.8. The van der Waals surface area contributed by atoms with Crippen LogP contribution in [0.15, 0.2) is 54.6 Å². The lowest BCUT2D eigenvalue weighted by Gasteiger charge is -2.43. The number of hydrogen-bond acceptors (Lipinski definition) is 3. The van der Waals surface area contributed by atoms with Crippen molar-refractivity contribution in [3.05, 3.63) is 65.7 Å². The Labute approximate surface area is 167 Å². The zero-order valence-corrected chi connectivity index (χ0v) is 16.5. The van der Waals surface area contributed by atoms with Gasteiger partial charge in [-0.25, -0.2) is 0 Å². The van der Waals surface area contributed by atoms with E-state index < -0.39 is 0 Å². The molecule has 0 spiro atoms. The van der Waals surface area contributed by atoms with Gasteiger partial charge in [-0.15, -0.1) is 0 Å². The Morgan fingerprint density at radius 1 is 0.929 bits per heavy atom. The molecule has 2 heterocycles. The first-order valence-electron chi connectivity index (χ1n) is 10.6. The van der Waals surface area contributed by atoms with Gasteiger partial charge in [0.2, 0.25) is 5.91 Å². The van der Waals surface area contributed by atoms with Gasteiger partial charge in [-0.1, -0.05) is 48.5 Å². The van der Waals surface area contributed by atoms with Gasteiger partial charge in [0.1, 0.15) is 0 Å². The van der Waals surface area contributed by atoms with E-state index in [-0.39, 0.29) is 0 Å². The highest BCUT2D eigenvalue weighted by Crippen LogP contribution is 2.35. The van der Waals surface area contributed by atoms with E-state index in [1.165, 1.54) is 29.7 Å². The number of nitrogens with zero attached hydrogens (tertiary/aromatic N) is 3. The molecule has 1 unspecified atom stereocenters. The fraction of sp³-hybridized carbons (Fsp3) is 0.458. The Kier molecular flexibility index (Phi) is 4.81. The first kappa shape index (κ1) is 17.7. The van der Waals surface area contributed by atoms with Crippen molar-refractivity contribution in [2.24, 2.45) is 5.92 Å². The Morgan fingerprint density at radius 2 is 1.71 bits per heavy atom. The van der Waals surface area contributed by atoms with Crippen LogP contribution in [-0.4, -0.2) is 47.9 Å². The minimum absolute atomic E-state index is 0.347. The van der Waals surface area contributed by atoms with Crippen molar-refractivity contribution in [1.82, 2.24) is 9.80 Å². The molecule has 1 aliphatic carbocycles. The average Bonchev–Trinajstić information content (AvgIpc) is 3.54. The standard InChI is InChI=1S/C24H29N3O/c28-24(14-19-10-11-19)26-16-21-8-4-5-9-23(21)27-13-12-25(17-22(27)18-26)15-20-6-2-1-3-7-20/h1-9,19,22H,10-18H2. The van der Waals surface area contributed by atoms with Crippen LogP contribution >= 0.6 is 0 Å². The first-order valence-corrected chi connectivity index (χ1v) is 10.6. The Bertz CT molecular complexity index is 833. The van der Waals surface area contributed by atoms with Crippen LogP contribution < -0.4 is 4.90 Å². The van der Waals surface area contributed by atoms with Crippen molar-refractivity contribution in [1.29, 1.82) is 0 Å². The summed E-state index contributed by atoms with van der Waals surface area (Å²) in [5.74, 6) is 0.988. The van der Waals surface area contributed by atoms with Crippen LogP contribution in [0.25, 0.3) is 0 Å². The average molecular weight is 376 g/mol. The fourth-order valence-electron chi connectivity index (χ4n) is 4.72. The van der Waals surface area contributed by atoms with E-state index in [1.54, 1.807) is 0 Å². The van der Waals surface area contributed by atoms with Crippen LogP contribution in [0.2, 0.25) is 0 Å². The molecule has 1 saturated heterocycles. The Morgan fingerprint density at radius 3 is 2.54 bits per heavy atom. The van der Waals surface area contributed by atoms with Crippen molar-refractivity contribution in [2.45, 2.75) is 38.4 Å². The van der Waals surface area contributed by atoms with E-state index >= 15 is 0 Å². The molecule has 0 radical (unpaired) electrons. The van der Waals surface area contributed by atoms with Crippen LogP contribution in [0.1, 0.15) is 30.4 Å². The predicted octanol–water partition coefficient (Wildman–Crippen LogP) is 3.52.